The second kappa shape index (κ2) is 11.3. The van der Waals surface area contributed by atoms with Crippen LogP contribution in [0.25, 0.3) is 0 Å². The quantitative estimate of drug-likeness (QED) is 0.221. The number of rotatable bonds is 3. The van der Waals surface area contributed by atoms with E-state index >= 15 is 0 Å². The first-order valence-electron chi connectivity index (χ1n) is 14.7. The van der Waals surface area contributed by atoms with Crippen molar-refractivity contribution in [3.63, 3.8) is 0 Å². The normalized spacial score (nSPS) is 31.2. The first kappa shape index (κ1) is 30.0. The molecule has 4 aliphatic rings. The van der Waals surface area contributed by atoms with E-state index in [1.54, 1.807) is 11.0 Å². The van der Waals surface area contributed by atoms with Gasteiger partial charge in [-0.15, -0.1) is 0 Å². The van der Waals surface area contributed by atoms with Crippen molar-refractivity contribution in [1.29, 1.82) is 0 Å². The van der Waals surface area contributed by atoms with Gasteiger partial charge in [0, 0.05) is 25.6 Å². The number of ketones is 1. The van der Waals surface area contributed by atoms with Gasteiger partial charge in [0.25, 0.3) is 0 Å². The number of oxime groups is 1. The van der Waals surface area contributed by atoms with Crippen LogP contribution in [0.4, 0.5) is 10.6 Å². The van der Waals surface area contributed by atoms with Crippen molar-refractivity contribution in [3.8, 4) is 0 Å². The van der Waals surface area contributed by atoms with Crippen LogP contribution in [0.15, 0.2) is 11.2 Å². The zero-order valence-corrected chi connectivity index (χ0v) is 25.4. The lowest BCUT2D eigenvalue weighted by Gasteiger charge is -2.53. The average molecular weight is 592 g/mol. The molecule has 1 N–H and O–H groups in total. The summed E-state index contributed by atoms with van der Waals surface area (Å²) in [6.07, 6.45) is 5.06. The topological polar surface area (TPSA) is 127 Å². The van der Waals surface area contributed by atoms with Crippen LogP contribution >= 0.6 is 11.6 Å². The van der Waals surface area contributed by atoms with Crippen molar-refractivity contribution in [3.05, 3.63) is 17.0 Å². The van der Waals surface area contributed by atoms with Crippen LogP contribution in [0, 0.1) is 11.3 Å². The highest BCUT2D eigenvalue weighted by Gasteiger charge is 2.62. The van der Waals surface area contributed by atoms with Crippen molar-refractivity contribution < 1.29 is 29.0 Å². The summed E-state index contributed by atoms with van der Waals surface area (Å²) in [6.45, 7) is 11.4. The minimum Gasteiger partial charge on any atom is -0.444 e. The summed E-state index contributed by atoms with van der Waals surface area (Å²) in [6, 6.07) is 1.33. The van der Waals surface area contributed by atoms with E-state index in [0.29, 0.717) is 50.7 Å². The Morgan fingerprint density at radius 2 is 1.71 bits per heavy atom. The Labute approximate surface area is 246 Å². The second-order valence-corrected chi connectivity index (χ2v) is 13.2. The third kappa shape index (κ3) is 5.52. The summed E-state index contributed by atoms with van der Waals surface area (Å²) < 4.78 is 18.1. The van der Waals surface area contributed by atoms with Gasteiger partial charge in [0.2, 0.25) is 5.28 Å². The standard InChI is InChI=1S/C29H42ClN5O6/c1-18-16-34(17-19(2)35(18)26(37)41-27(3,4)5)22-15-21(31-25(30)32-22)23(36)20-9-8-11-28(24(20)33-38)10-6-7-12-29(28)39-13-14-40-29/h15,18-20,38H,6-14,16-17H2,1-5H3/b33-24-/t18-,19-,20?,28-/m0/s1. The van der Waals surface area contributed by atoms with Crippen LogP contribution in [0.1, 0.15) is 90.1 Å². The van der Waals surface area contributed by atoms with Gasteiger partial charge in [-0.2, -0.15) is 0 Å². The maximum Gasteiger partial charge on any atom is 0.410 e. The number of aromatic nitrogens is 2. The van der Waals surface area contributed by atoms with Crippen molar-refractivity contribution in [2.45, 2.75) is 103 Å². The van der Waals surface area contributed by atoms with E-state index < -0.39 is 22.7 Å². The van der Waals surface area contributed by atoms with Crippen LogP contribution in [-0.2, 0) is 14.2 Å². The van der Waals surface area contributed by atoms with Gasteiger partial charge < -0.3 is 24.3 Å². The van der Waals surface area contributed by atoms with Crippen LogP contribution in [0.2, 0.25) is 5.28 Å². The SMILES string of the molecule is C[C@H]1CN(c2cc(C(=O)C3CCC[C@@]4(CCCCC45OCCO5)/C3=N\O)nc(Cl)n2)C[C@H](C)N1C(=O)OC(C)(C)C. The van der Waals surface area contributed by atoms with Gasteiger partial charge in [0.15, 0.2) is 11.6 Å². The lowest BCUT2D eigenvalue weighted by molar-refractivity contribution is -0.238. The molecule has 226 valence electrons. The number of carbonyl (C=O) groups is 2. The smallest absolute Gasteiger partial charge is 0.410 e. The first-order valence-corrected chi connectivity index (χ1v) is 15.1. The molecule has 1 unspecified atom stereocenters. The Balaban J connectivity index is 1.39. The molecular weight excluding hydrogens is 550 g/mol. The zero-order chi connectivity index (χ0) is 29.6. The number of hydrogen-bond donors (Lipinski definition) is 1. The summed E-state index contributed by atoms with van der Waals surface area (Å²) in [7, 11) is 0. The molecule has 12 heteroatoms. The van der Waals surface area contributed by atoms with E-state index in [0.717, 1.165) is 32.1 Å². The molecule has 4 fully saturated rings. The monoisotopic (exact) mass is 591 g/mol. The molecule has 2 aliphatic heterocycles. The molecule has 41 heavy (non-hydrogen) atoms. The van der Waals surface area contributed by atoms with Gasteiger partial charge in [-0.25, -0.2) is 14.8 Å². The number of fused-ring (bicyclic) bond motifs is 1. The van der Waals surface area contributed by atoms with E-state index in [1.165, 1.54) is 0 Å². The van der Waals surface area contributed by atoms with Gasteiger partial charge in [-0.05, 0) is 71.9 Å². The molecule has 2 aliphatic carbocycles. The number of amides is 1. The van der Waals surface area contributed by atoms with E-state index in [9.17, 15) is 14.8 Å². The lowest BCUT2D eigenvalue weighted by atomic mass is 9.57. The third-order valence-electron chi connectivity index (χ3n) is 8.97. The Morgan fingerprint density at radius 3 is 2.34 bits per heavy atom. The van der Waals surface area contributed by atoms with Gasteiger partial charge >= 0.3 is 6.09 Å². The highest BCUT2D eigenvalue weighted by Crippen LogP contribution is 2.57. The van der Waals surface area contributed by atoms with Gasteiger partial charge in [0.1, 0.15) is 17.1 Å². The molecule has 0 radical (unpaired) electrons. The minimum atomic E-state index is -0.861. The maximum absolute atomic E-state index is 14.1. The number of ether oxygens (including phenoxy) is 3. The molecular formula is C29H42ClN5O6. The molecule has 0 bridgehead atoms. The molecule has 3 heterocycles. The van der Waals surface area contributed by atoms with Gasteiger partial charge in [0.05, 0.1) is 42.3 Å². The fourth-order valence-electron chi connectivity index (χ4n) is 7.41. The van der Waals surface area contributed by atoms with Crippen LogP contribution in [0.3, 0.4) is 0 Å². The predicted molar refractivity (Wildman–Crippen MR) is 153 cm³/mol. The molecule has 2 saturated carbocycles. The second-order valence-electron chi connectivity index (χ2n) is 12.9. The van der Waals surface area contributed by atoms with Crippen LogP contribution in [-0.4, -0.2) is 87.4 Å². The molecule has 4 atom stereocenters. The number of halogens is 1. The largest absolute Gasteiger partial charge is 0.444 e. The number of carbonyl (C=O) groups excluding carboxylic acids is 2. The minimum absolute atomic E-state index is 0.0367. The molecule has 2 spiro atoms. The van der Waals surface area contributed by atoms with Crippen molar-refractivity contribution in [2.75, 3.05) is 31.2 Å². The molecule has 0 aromatic carbocycles. The summed E-state index contributed by atoms with van der Waals surface area (Å²) in [4.78, 5) is 39.5. The molecule has 1 aromatic rings. The summed E-state index contributed by atoms with van der Waals surface area (Å²) in [5, 5.41) is 14.1. The number of hydrogen-bond acceptors (Lipinski definition) is 10. The molecule has 2 saturated heterocycles. The maximum atomic E-state index is 14.1. The summed E-state index contributed by atoms with van der Waals surface area (Å²) >= 11 is 6.38. The average Bonchev–Trinajstić information content (AvgIpc) is 3.38. The fourth-order valence-corrected chi connectivity index (χ4v) is 7.59. The third-order valence-corrected chi connectivity index (χ3v) is 9.14. The van der Waals surface area contributed by atoms with Crippen LogP contribution in [0.5, 0.6) is 0 Å². The molecule has 11 nitrogen and oxygen atoms in total. The Hall–Kier alpha value is -2.50. The zero-order valence-electron chi connectivity index (χ0n) is 24.7. The highest BCUT2D eigenvalue weighted by atomic mass is 35.5. The predicted octanol–water partition coefficient (Wildman–Crippen LogP) is 5.08. The summed E-state index contributed by atoms with van der Waals surface area (Å²) in [5.74, 6) is -1.27. The van der Waals surface area contributed by atoms with Crippen molar-refractivity contribution in [1.82, 2.24) is 14.9 Å². The number of anilines is 1. The van der Waals surface area contributed by atoms with E-state index in [-0.39, 0.29) is 34.9 Å². The van der Waals surface area contributed by atoms with E-state index in [4.69, 9.17) is 25.8 Å². The van der Waals surface area contributed by atoms with Gasteiger partial charge in [-0.1, -0.05) is 18.0 Å². The number of Topliss-reactive ketones (excluding diaryl/α,β-unsaturated/α-hetero) is 1. The highest BCUT2D eigenvalue weighted by molar-refractivity contribution is 6.28. The number of piperazine rings is 1. The Kier molecular flexibility index (Phi) is 8.26. The number of nitrogens with zero attached hydrogens (tertiary/aromatic N) is 5. The summed E-state index contributed by atoms with van der Waals surface area (Å²) in [5.41, 5.74) is -0.640. The molecule has 5 rings (SSSR count). The molecule has 1 amide bonds. The van der Waals surface area contributed by atoms with Crippen LogP contribution < -0.4 is 4.90 Å². The van der Waals surface area contributed by atoms with E-state index in [1.807, 2.05) is 39.5 Å². The lowest BCUT2D eigenvalue weighted by Crippen LogP contribution is -2.60. The molecule has 1 aromatic heterocycles. The first-order chi connectivity index (χ1) is 19.4. The fraction of sp³-hybridized carbons (Fsp3) is 0.759. The van der Waals surface area contributed by atoms with E-state index in [2.05, 4.69) is 15.1 Å². The Bertz CT molecular complexity index is 1180. The van der Waals surface area contributed by atoms with Crippen molar-refractivity contribution >= 4 is 35.0 Å². The Morgan fingerprint density at radius 1 is 1.07 bits per heavy atom. The van der Waals surface area contributed by atoms with Crippen molar-refractivity contribution in [2.24, 2.45) is 16.5 Å². The van der Waals surface area contributed by atoms with Gasteiger partial charge in [-0.3, -0.25) is 9.69 Å².